The summed E-state index contributed by atoms with van der Waals surface area (Å²) in [5.74, 6) is 0.490. The van der Waals surface area contributed by atoms with Crippen LogP contribution in [0.15, 0.2) is 4.99 Å². The van der Waals surface area contributed by atoms with Crippen LogP contribution >= 0.6 is 0 Å². The summed E-state index contributed by atoms with van der Waals surface area (Å²) >= 11 is 0. The number of amides is 1. The van der Waals surface area contributed by atoms with Gasteiger partial charge in [-0.2, -0.15) is 0 Å². The second-order valence-electron chi connectivity index (χ2n) is 6.30. The van der Waals surface area contributed by atoms with E-state index in [9.17, 15) is 4.79 Å². The van der Waals surface area contributed by atoms with E-state index in [-0.39, 0.29) is 6.09 Å². The van der Waals surface area contributed by atoms with E-state index in [1.807, 2.05) is 25.7 Å². The minimum atomic E-state index is -0.475. The minimum absolute atomic E-state index is 0.279. The first-order chi connectivity index (χ1) is 10.8. The second kappa shape index (κ2) is 9.57. The normalized spacial score (nSPS) is 16.6. The molecule has 1 aliphatic rings. The molecule has 0 radical (unpaired) electrons. The monoisotopic (exact) mass is 330 g/mol. The highest BCUT2D eigenvalue weighted by Gasteiger charge is 2.26. The van der Waals surface area contributed by atoms with Gasteiger partial charge in [-0.15, -0.1) is 0 Å². The second-order valence-corrected chi connectivity index (χ2v) is 6.30. The lowest BCUT2D eigenvalue weighted by Crippen LogP contribution is -2.53. The number of carbonyl (C=O) groups excluding carboxylic acids is 1. The average molecular weight is 330 g/mol. The van der Waals surface area contributed by atoms with Crippen molar-refractivity contribution in [3.63, 3.8) is 0 Å². The summed E-state index contributed by atoms with van der Waals surface area (Å²) in [7, 11) is 1.64. The van der Waals surface area contributed by atoms with Gasteiger partial charge in [0.05, 0.1) is 26.4 Å². The van der Waals surface area contributed by atoms with Gasteiger partial charge in [0, 0.05) is 33.3 Å². The van der Waals surface area contributed by atoms with Crippen LogP contribution in [0.3, 0.4) is 0 Å². The summed E-state index contributed by atoms with van der Waals surface area (Å²) in [6.45, 7) is 10.2. The molecule has 2 N–H and O–H groups in total. The highest BCUT2D eigenvalue weighted by molar-refractivity contribution is 5.78. The number of guanidine groups is 1. The highest BCUT2D eigenvalue weighted by Crippen LogP contribution is 2.11. The molecule has 134 valence electrons. The molecule has 1 fully saturated rings. The average Bonchev–Trinajstić information content (AvgIpc) is 2.49. The van der Waals surface area contributed by atoms with Crippen LogP contribution in [0.4, 0.5) is 4.79 Å². The van der Waals surface area contributed by atoms with Gasteiger partial charge in [0.25, 0.3) is 0 Å². The molecule has 0 spiro atoms. The molecule has 1 heterocycles. The number of ether oxygens (including phenoxy) is 3. The van der Waals surface area contributed by atoms with Crippen molar-refractivity contribution in [2.24, 2.45) is 10.7 Å². The van der Waals surface area contributed by atoms with Crippen LogP contribution in [0.5, 0.6) is 0 Å². The Morgan fingerprint density at radius 3 is 2.26 bits per heavy atom. The van der Waals surface area contributed by atoms with E-state index >= 15 is 0 Å². The molecule has 1 amide bonds. The molecule has 8 heteroatoms. The summed E-state index contributed by atoms with van der Waals surface area (Å²) < 4.78 is 15.6. The Morgan fingerprint density at radius 2 is 1.70 bits per heavy atom. The Morgan fingerprint density at radius 1 is 1.09 bits per heavy atom. The van der Waals surface area contributed by atoms with Crippen LogP contribution in [0.1, 0.15) is 20.8 Å². The molecular weight excluding hydrogens is 300 g/mol. The third kappa shape index (κ3) is 8.03. The number of carbonyl (C=O) groups is 1. The predicted molar refractivity (Wildman–Crippen MR) is 88.6 cm³/mol. The molecule has 0 aliphatic carbocycles. The maximum Gasteiger partial charge on any atom is 0.410 e. The zero-order chi connectivity index (χ0) is 17.3. The molecule has 0 unspecified atom stereocenters. The van der Waals surface area contributed by atoms with Crippen molar-refractivity contribution in [2.45, 2.75) is 26.4 Å². The highest BCUT2D eigenvalue weighted by atomic mass is 16.6. The van der Waals surface area contributed by atoms with Gasteiger partial charge in [-0.1, -0.05) is 0 Å². The van der Waals surface area contributed by atoms with Gasteiger partial charge >= 0.3 is 6.09 Å². The van der Waals surface area contributed by atoms with Crippen LogP contribution < -0.4 is 5.73 Å². The fraction of sp³-hybridized carbons (Fsp3) is 0.867. The number of nitrogens with zero attached hydrogens (tertiary/aromatic N) is 3. The number of rotatable bonds is 6. The van der Waals surface area contributed by atoms with Gasteiger partial charge in [0.15, 0.2) is 5.96 Å². The number of hydrogen-bond donors (Lipinski definition) is 1. The molecule has 0 atom stereocenters. The van der Waals surface area contributed by atoms with Gasteiger partial charge in [-0.05, 0) is 20.8 Å². The van der Waals surface area contributed by atoms with Crippen LogP contribution in [-0.4, -0.2) is 87.1 Å². The van der Waals surface area contributed by atoms with Gasteiger partial charge in [-0.25, -0.2) is 4.79 Å². The molecule has 0 saturated carbocycles. The molecule has 0 aromatic rings. The molecule has 0 bridgehead atoms. The van der Waals surface area contributed by atoms with Crippen molar-refractivity contribution < 1.29 is 19.0 Å². The third-order valence-corrected chi connectivity index (χ3v) is 3.20. The van der Waals surface area contributed by atoms with Crippen molar-refractivity contribution >= 4 is 12.1 Å². The summed E-state index contributed by atoms with van der Waals surface area (Å²) in [4.78, 5) is 19.9. The van der Waals surface area contributed by atoms with E-state index in [1.165, 1.54) is 0 Å². The molecule has 1 aliphatic heterocycles. The number of nitrogens with two attached hydrogens (primary N) is 1. The Kier molecular flexibility index (Phi) is 8.11. The van der Waals surface area contributed by atoms with Crippen LogP contribution in [-0.2, 0) is 14.2 Å². The Bertz CT molecular complexity index is 387. The maximum atomic E-state index is 12.0. The van der Waals surface area contributed by atoms with Crippen LogP contribution in [0.25, 0.3) is 0 Å². The van der Waals surface area contributed by atoms with Crippen molar-refractivity contribution in [1.82, 2.24) is 9.80 Å². The summed E-state index contributed by atoms with van der Waals surface area (Å²) in [6, 6.07) is 0. The van der Waals surface area contributed by atoms with E-state index in [4.69, 9.17) is 19.9 Å². The maximum absolute atomic E-state index is 12.0. The minimum Gasteiger partial charge on any atom is -0.444 e. The molecule has 1 saturated heterocycles. The first-order valence-electron chi connectivity index (χ1n) is 7.93. The molecule has 0 aromatic heterocycles. The molecule has 0 aromatic carbocycles. The summed E-state index contributed by atoms with van der Waals surface area (Å²) in [5, 5.41) is 0. The Hall–Kier alpha value is -1.54. The lowest BCUT2D eigenvalue weighted by atomic mass is 10.2. The van der Waals surface area contributed by atoms with Gasteiger partial charge < -0.3 is 29.7 Å². The third-order valence-electron chi connectivity index (χ3n) is 3.20. The standard InChI is InChI=1S/C15H30N4O4/c1-15(2,3)23-14(20)19-8-6-18(7-9-19)13(16)17-5-10-22-12-11-21-4/h5-12H2,1-4H3,(H2,16,17). The lowest BCUT2D eigenvalue weighted by Gasteiger charge is -2.36. The van der Waals surface area contributed by atoms with Crippen LogP contribution in [0, 0.1) is 0 Å². The molecular formula is C15H30N4O4. The number of aliphatic imine (C=N–C) groups is 1. The number of methoxy groups -OCH3 is 1. The van der Waals surface area contributed by atoms with Gasteiger partial charge in [-0.3, -0.25) is 4.99 Å². The van der Waals surface area contributed by atoms with Gasteiger partial charge in [0.2, 0.25) is 0 Å². The molecule has 23 heavy (non-hydrogen) atoms. The number of piperazine rings is 1. The largest absolute Gasteiger partial charge is 0.444 e. The van der Waals surface area contributed by atoms with E-state index in [0.717, 1.165) is 0 Å². The fourth-order valence-corrected chi connectivity index (χ4v) is 2.01. The fourth-order valence-electron chi connectivity index (χ4n) is 2.01. The molecule has 8 nitrogen and oxygen atoms in total. The van der Waals surface area contributed by atoms with Crippen molar-refractivity contribution in [2.75, 3.05) is 59.7 Å². The van der Waals surface area contributed by atoms with Crippen molar-refractivity contribution in [1.29, 1.82) is 0 Å². The van der Waals surface area contributed by atoms with Gasteiger partial charge in [0.1, 0.15) is 5.60 Å². The van der Waals surface area contributed by atoms with Crippen molar-refractivity contribution in [3.8, 4) is 0 Å². The van der Waals surface area contributed by atoms with E-state index in [1.54, 1.807) is 12.0 Å². The first-order valence-corrected chi connectivity index (χ1v) is 7.93. The summed E-state index contributed by atoms with van der Waals surface area (Å²) in [5.41, 5.74) is 5.50. The van der Waals surface area contributed by atoms with Crippen molar-refractivity contribution in [3.05, 3.63) is 0 Å². The number of hydrogen-bond acceptors (Lipinski definition) is 5. The van der Waals surface area contributed by atoms with E-state index < -0.39 is 5.60 Å². The lowest BCUT2D eigenvalue weighted by molar-refractivity contribution is 0.0186. The zero-order valence-corrected chi connectivity index (χ0v) is 14.7. The first kappa shape index (κ1) is 19.5. The summed E-state index contributed by atoms with van der Waals surface area (Å²) in [6.07, 6.45) is -0.279. The topological polar surface area (TPSA) is 89.6 Å². The van der Waals surface area contributed by atoms with Crippen LogP contribution in [0.2, 0.25) is 0 Å². The predicted octanol–water partition coefficient (Wildman–Crippen LogP) is 0.517. The zero-order valence-electron chi connectivity index (χ0n) is 14.7. The quantitative estimate of drug-likeness (QED) is 0.434. The van der Waals surface area contributed by atoms with E-state index in [2.05, 4.69) is 4.99 Å². The Balaban J connectivity index is 2.28. The Labute approximate surface area is 138 Å². The smallest absolute Gasteiger partial charge is 0.410 e. The SMILES string of the molecule is COCCOCCN=C(N)N1CCN(C(=O)OC(C)(C)C)CC1. The molecule has 1 rings (SSSR count). The van der Waals surface area contributed by atoms with E-state index in [0.29, 0.717) is 58.5 Å².